The molecule has 0 aliphatic heterocycles. The number of hydrogen-bond donors (Lipinski definition) is 1. The predicted octanol–water partition coefficient (Wildman–Crippen LogP) is 7.20. The van der Waals surface area contributed by atoms with Gasteiger partial charge in [0.25, 0.3) is 0 Å². The van der Waals surface area contributed by atoms with E-state index in [1.165, 1.54) is 0 Å². The third-order valence-corrected chi connectivity index (χ3v) is 5.09. The van der Waals surface area contributed by atoms with E-state index in [2.05, 4.69) is 21.2 Å². The lowest BCUT2D eigenvalue weighted by molar-refractivity contribution is 1.43. The molecule has 23 heavy (non-hydrogen) atoms. The first-order valence-corrected chi connectivity index (χ1v) is 8.42. The monoisotopic (exact) mass is 467 g/mol. The first kappa shape index (κ1) is 18.5. The fourth-order valence-electron chi connectivity index (χ4n) is 1.77. The van der Waals surface area contributed by atoms with E-state index >= 15 is 0 Å². The van der Waals surface area contributed by atoms with Crippen LogP contribution in [-0.2, 0) is 0 Å². The zero-order valence-corrected chi connectivity index (χ0v) is 16.2. The summed E-state index contributed by atoms with van der Waals surface area (Å²) in [6.07, 6.45) is 0. The Morgan fingerprint density at radius 3 is 1.78 bits per heavy atom. The lowest BCUT2D eigenvalue weighted by Crippen LogP contribution is -2.00. The minimum atomic E-state index is -0.101. The van der Waals surface area contributed by atoms with Crippen LogP contribution in [0.3, 0.4) is 0 Å². The largest absolute Gasteiger partial charge is 0.351 e. The smallest absolute Gasteiger partial charge is 0.103 e. The van der Waals surface area contributed by atoms with Crippen molar-refractivity contribution in [3.05, 3.63) is 52.8 Å². The second kappa shape index (κ2) is 7.36. The third kappa shape index (κ3) is 3.49. The molecule has 0 radical (unpaired) electrons. The van der Waals surface area contributed by atoms with Crippen LogP contribution < -0.4 is 5.32 Å². The first-order chi connectivity index (χ1) is 10.8. The van der Waals surface area contributed by atoms with Gasteiger partial charge in [0, 0.05) is 4.47 Å². The van der Waals surface area contributed by atoms with Gasteiger partial charge in [-0.25, -0.2) is 0 Å². The van der Waals surface area contributed by atoms with Crippen molar-refractivity contribution in [1.29, 1.82) is 10.5 Å². The Labute approximate surface area is 165 Å². The molecule has 0 aliphatic rings. The summed E-state index contributed by atoms with van der Waals surface area (Å²) >= 11 is 33.8. The molecular weight excluding hydrogens is 467 g/mol. The molecule has 0 fully saturated rings. The lowest BCUT2D eigenvalue weighted by atomic mass is 10.1. The molecule has 116 valence electrons. The van der Waals surface area contributed by atoms with Gasteiger partial charge in [0.15, 0.2) is 0 Å². The average Bonchev–Trinajstić information content (AvgIpc) is 2.48. The predicted molar refractivity (Wildman–Crippen MR) is 98.3 cm³/mol. The highest BCUT2D eigenvalue weighted by Gasteiger charge is 2.22. The summed E-state index contributed by atoms with van der Waals surface area (Å²) in [6.45, 7) is 0. The second-order valence-corrected chi connectivity index (χ2v) is 7.02. The van der Waals surface area contributed by atoms with E-state index in [4.69, 9.17) is 63.3 Å². The summed E-state index contributed by atoms with van der Waals surface area (Å²) in [4.78, 5) is 0. The second-order valence-electron chi connectivity index (χ2n) is 4.16. The molecule has 0 amide bonds. The van der Waals surface area contributed by atoms with E-state index in [1.807, 2.05) is 12.1 Å². The van der Waals surface area contributed by atoms with Gasteiger partial charge < -0.3 is 5.32 Å². The van der Waals surface area contributed by atoms with Crippen LogP contribution >= 0.6 is 73.9 Å². The van der Waals surface area contributed by atoms with E-state index in [0.717, 1.165) is 0 Å². The highest BCUT2D eigenvalue weighted by atomic mass is 79.9. The van der Waals surface area contributed by atoms with E-state index in [0.29, 0.717) is 20.2 Å². The molecule has 2 aromatic carbocycles. The number of rotatable bonds is 2. The fourth-order valence-corrected chi connectivity index (χ4v) is 3.86. The van der Waals surface area contributed by atoms with Crippen LogP contribution in [0, 0.1) is 22.7 Å². The van der Waals surface area contributed by atoms with Crippen molar-refractivity contribution in [2.75, 3.05) is 5.32 Å². The van der Waals surface area contributed by atoms with Crippen LogP contribution in [0.25, 0.3) is 0 Å². The molecule has 2 rings (SSSR count). The van der Waals surface area contributed by atoms with Crippen LogP contribution in [-0.4, -0.2) is 0 Å². The molecular formula is C14H3BrCl5N3. The van der Waals surface area contributed by atoms with Gasteiger partial charge >= 0.3 is 0 Å². The maximum atomic E-state index is 9.34. The highest BCUT2D eigenvalue weighted by Crippen LogP contribution is 2.44. The Hall–Kier alpha value is -0.850. The highest BCUT2D eigenvalue weighted by molar-refractivity contribution is 9.10. The molecule has 0 heterocycles. The number of halogens is 6. The molecule has 0 bridgehead atoms. The van der Waals surface area contributed by atoms with Crippen LogP contribution in [0.1, 0.15) is 11.1 Å². The van der Waals surface area contributed by atoms with Crippen molar-refractivity contribution >= 4 is 85.3 Å². The van der Waals surface area contributed by atoms with E-state index in [-0.39, 0.29) is 31.9 Å². The van der Waals surface area contributed by atoms with Crippen molar-refractivity contribution < 1.29 is 0 Å². The van der Waals surface area contributed by atoms with Crippen LogP contribution in [0.5, 0.6) is 0 Å². The molecule has 0 atom stereocenters. The Balaban J connectivity index is 2.72. The van der Waals surface area contributed by atoms with Crippen molar-refractivity contribution in [3.63, 3.8) is 0 Å². The van der Waals surface area contributed by atoms with Gasteiger partial charge in [-0.1, -0.05) is 73.9 Å². The van der Waals surface area contributed by atoms with E-state index in [1.54, 1.807) is 12.1 Å². The Morgan fingerprint density at radius 1 is 0.783 bits per heavy atom. The summed E-state index contributed by atoms with van der Waals surface area (Å²) in [5, 5.41) is 21.7. The molecule has 0 saturated heterocycles. The zero-order chi connectivity index (χ0) is 17.3. The van der Waals surface area contributed by atoms with E-state index < -0.39 is 0 Å². The van der Waals surface area contributed by atoms with Gasteiger partial charge in [-0.05, 0) is 12.1 Å². The summed E-state index contributed by atoms with van der Waals surface area (Å²) in [7, 11) is 0. The van der Waals surface area contributed by atoms with Crippen molar-refractivity contribution in [2.24, 2.45) is 0 Å². The lowest BCUT2D eigenvalue weighted by Gasteiger charge is -2.16. The summed E-state index contributed by atoms with van der Waals surface area (Å²) in [6, 6.07) is 6.94. The van der Waals surface area contributed by atoms with Gasteiger partial charge in [-0.2, -0.15) is 10.5 Å². The summed E-state index contributed by atoms with van der Waals surface area (Å²) < 4.78 is 0.681. The molecule has 9 heteroatoms. The number of nitrogens with one attached hydrogen (secondary N) is 1. The van der Waals surface area contributed by atoms with E-state index in [9.17, 15) is 5.26 Å². The van der Waals surface area contributed by atoms with Crippen molar-refractivity contribution in [2.45, 2.75) is 0 Å². The molecule has 2 aromatic rings. The van der Waals surface area contributed by atoms with Gasteiger partial charge in [0.2, 0.25) is 0 Å². The molecule has 0 aromatic heterocycles. The Morgan fingerprint density at radius 2 is 1.30 bits per heavy atom. The van der Waals surface area contributed by atoms with Crippen LogP contribution in [0.2, 0.25) is 25.1 Å². The minimum absolute atomic E-state index is 0.0285. The number of benzene rings is 2. The molecule has 0 unspecified atom stereocenters. The normalized spacial score (nSPS) is 10.1. The number of anilines is 2. The van der Waals surface area contributed by atoms with Gasteiger partial charge in [0.05, 0.1) is 47.6 Å². The zero-order valence-electron chi connectivity index (χ0n) is 10.8. The number of nitriles is 2. The van der Waals surface area contributed by atoms with Gasteiger partial charge in [-0.3, -0.25) is 0 Å². The first-order valence-electron chi connectivity index (χ1n) is 5.74. The van der Waals surface area contributed by atoms with Crippen LogP contribution in [0.4, 0.5) is 11.4 Å². The maximum absolute atomic E-state index is 9.34. The third-order valence-electron chi connectivity index (χ3n) is 2.80. The standard InChI is InChI=1S/C14H3BrCl5N3/c15-5-1-8(16)14(9(17)2-5)23-13-7(4-22)10(18)6(3-21)11(19)12(13)20/h1-2,23H. The van der Waals surface area contributed by atoms with Crippen molar-refractivity contribution in [3.8, 4) is 12.1 Å². The van der Waals surface area contributed by atoms with Gasteiger partial charge in [-0.15, -0.1) is 0 Å². The molecule has 0 aliphatic carbocycles. The van der Waals surface area contributed by atoms with Crippen molar-refractivity contribution in [1.82, 2.24) is 0 Å². The number of hydrogen-bond acceptors (Lipinski definition) is 3. The molecule has 1 N–H and O–H groups in total. The Bertz CT molecular complexity index is 876. The fraction of sp³-hybridized carbons (Fsp3) is 0. The molecule has 0 spiro atoms. The molecule has 0 saturated carbocycles. The Kier molecular flexibility index (Phi) is 5.92. The summed E-state index contributed by atoms with van der Waals surface area (Å²) in [5.74, 6) is 0. The minimum Gasteiger partial charge on any atom is -0.351 e. The average molecular weight is 470 g/mol. The molecule has 3 nitrogen and oxygen atoms in total. The number of nitrogens with zero attached hydrogens (tertiary/aromatic N) is 2. The maximum Gasteiger partial charge on any atom is 0.103 e. The summed E-state index contributed by atoms with van der Waals surface area (Å²) in [5.41, 5.74) is 0.335. The SMILES string of the molecule is N#Cc1c(Cl)c(Cl)c(Nc2c(Cl)cc(Br)cc2Cl)c(C#N)c1Cl. The topological polar surface area (TPSA) is 59.6 Å². The quantitative estimate of drug-likeness (QED) is 0.472. The van der Waals surface area contributed by atoms with Gasteiger partial charge in [0.1, 0.15) is 12.1 Å². The van der Waals surface area contributed by atoms with Crippen LogP contribution in [0.15, 0.2) is 16.6 Å².